The van der Waals surface area contributed by atoms with Crippen molar-refractivity contribution in [2.75, 3.05) is 13.7 Å². The van der Waals surface area contributed by atoms with Gasteiger partial charge in [0.1, 0.15) is 11.6 Å². The van der Waals surface area contributed by atoms with Gasteiger partial charge in [0.05, 0.1) is 12.7 Å². The van der Waals surface area contributed by atoms with Gasteiger partial charge in [-0.25, -0.2) is 4.39 Å². The van der Waals surface area contributed by atoms with Crippen molar-refractivity contribution in [1.82, 2.24) is 5.32 Å². The van der Waals surface area contributed by atoms with Crippen LogP contribution in [0.1, 0.15) is 43.0 Å². The van der Waals surface area contributed by atoms with Gasteiger partial charge in [0.25, 0.3) is 0 Å². The zero-order chi connectivity index (χ0) is 14.5. The molecule has 0 aromatic heterocycles. The summed E-state index contributed by atoms with van der Waals surface area (Å²) in [5.74, 6) is 0.292. The Bertz CT molecular complexity index is 476. The summed E-state index contributed by atoms with van der Waals surface area (Å²) >= 11 is 0. The molecule has 1 fully saturated rings. The quantitative estimate of drug-likeness (QED) is 0.841. The Balaban J connectivity index is 2.08. The predicted octanol–water partition coefficient (Wildman–Crippen LogP) is 3.19. The summed E-state index contributed by atoms with van der Waals surface area (Å²) in [6, 6.07) is 4.63. The lowest BCUT2D eigenvalue weighted by molar-refractivity contribution is 0.0950. The predicted molar refractivity (Wildman–Crippen MR) is 76.7 cm³/mol. The third kappa shape index (κ3) is 3.37. The van der Waals surface area contributed by atoms with E-state index in [1.54, 1.807) is 12.1 Å². The molecule has 1 aliphatic rings. The van der Waals surface area contributed by atoms with E-state index in [0.717, 1.165) is 25.8 Å². The van der Waals surface area contributed by atoms with Gasteiger partial charge in [-0.3, -0.25) is 4.79 Å². The van der Waals surface area contributed by atoms with Gasteiger partial charge in [-0.2, -0.15) is 0 Å². The number of rotatable bonds is 5. The molecule has 0 aliphatic carbocycles. The Kier molecular flexibility index (Phi) is 5.12. The average molecular weight is 279 g/mol. The van der Waals surface area contributed by atoms with E-state index in [-0.39, 0.29) is 17.4 Å². The van der Waals surface area contributed by atoms with E-state index in [9.17, 15) is 9.18 Å². The Morgan fingerprint density at radius 3 is 3.00 bits per heavy atom. The number of ketones is 1. The zero-order valence-electron chi connectivity index (χ0n) is 12.1. The van der Waals surface area contributed by atoms with E-state index in [0.29, 0.717) is 18.1 Å². The molecule has 2 atom stereocenters. The summed E-state index contributed by atoms with van der Waals surface area (Å²) in [6.07, 6.45) is 3.60. The van der Waals surface area contributed by atoms with E-state index in [4.69, 9.17) is 4.74 Å². The lowest BCUT2D eigenvalue weighted by Crippen LogP contribution is -2.39. The van der Waals surface area contributed by atoms with Crippen molar-refractivity contribution in [3.8, 4) is 5.75 Å². The SMILES string of the molecule is CCC1CCNC(CC(=O)c2c(F)cccc2OC)C1. The van der Waals surface area contributed by atoms with Crippen LogP contribution in [0.5, 0.6) is 5.75 Å². The standard InChI is InChI=1S/C16H22FNO2/c1-3-11-7-8-18-12(9-11)10-14(19)16-13(17)5-4-6-15(16)20-2/h4-6,11-12,18H,3,7-10H2,1-2H3. The van der Waals surface area contributed by atoms with E-state index < -0.39 is 5.82 Å². The largest absolute Gasteiger partial charge is 0.496 e. The number of Topliss-reactive ketones (excluding diaryl/α,β-unsaturated/α-hetero) is 1. The molecule has 4 heteroatoms. The van der Waals surface area contributed by atoms with Crippen LogP contribution in [0.3, 0.4) is 0 Å². The molecule has 1 aromatic carbocycles. The number of nitrogens with one attached hydrogen (secondary N) is 1. The topological polar surface area (TPSA) is 38.3 Å². The molecule has 2 rings (SSSR count). The average Bonchev–Trinajstić information content (AvgIpc) is 2.46. The molecule has 0 radical (unpaired) electrons. The van der Waals surface area contributed by atoms with Gasteiger partial charge in [-0.1, -0.05) is 19.4 Å². The molecule has 0 bridgehead atoms. The molecule has 0 spiro atoms. The lowest BCUT2D eigenvalue weighted by atomic mass is 9.87. The van der Waals surface area contributed by atoms with Crippen molar-refractivity contribution in [3.63, 3.8) is 0 Å². The van der Waals surface area contributed by atoms with Crippen LogP contribution >= 0.6 is 0 Å². The highest BCUT2D eigenvalue weighted by molar-refractivity contribution is 5.99. The summed E-state index contributed by atoms with van der Waals surface area (Å²) < 4.78 is 19.0. The van der Waals surface area contributed by atoms with Gasteiger partial charge in [-0.15, -0.1) is 0 Å². The number of ether oxygens (including phenoxy) is 1. The first kappa shape index (κ1) is 15.0. The van der Waals surface area contributed by atoms with Crippen LogP contribution in [0, 0.1) is 11.7 Å². The van der Waals surface area contributed by atoms with Crippen molar-refractivity contribution in [2.24, 2.45) is 5.92 Å². The molecule has 1 aliphatic heterocycles. The number of piperidine rings is 1. The Morgan fingerprint density at radius 2 is 2.30 bits per heavy atom. The Hall–Kier alpha value is -1.42. The van der Waals surface area contributed by atoms with Gasteiger partial charge in [-0.05, 0) is 37.4 Å². The third-order valence-electron chi connectivity index (χ3n) is 4.09. The normalized spacial score (nSPS) is 22.6. The molecular formula is C16H22FNO2. The fourth-order valence-corrected chi connectivity index (χ4v) is 2.89. The van der Waals surface area contributed by atoms with E-state index in [2.05, 4.69) is 12.2 Å². The third-order valence-corrected chi connectivity index (χ3v) is 4.09. The monoisotopic (exact) mass is 279 g/mol. The number of carbonyl (C=O) groups is 1. The van der Waals surface area contributed by atoms with Crippen LogP contribution in [0.25, 0.3) is 0 Å². The van der Waals surface area contributed by atoms with Crippen LogP contribution in [0.2, 0.25) is 0 Å². The second-order valence-corrected chi connectivity index (χ2v) is 5.39. The number of hydrogen-bond acceptors (Lipinski definition) is 3. The minimum Gasteiger partial charge on any atom is -0.496 e. The maximum absolute atomic E-state index is 13.9. The van der Waals surface area contributed by atoms with Crippen molar-refractivity contribution in [3.05, 3.63) is 29.6 Å². The van der Waals surface area contributed by atoms with Crippen molar-refractivity contribution >= 4 is 5.78 Å². The molecular weight excluding hydrogens is 257 g/mol. The number of methoxy groups -OCH3 is 1. The number of benzene rings is 1. The first-order valence-electron chi connectivity index (χ1n) is 7.24. The summed E-state index contributed by atoms with van der Waals surface area (Å²) in [5.41, 5.74) is 0.0791. The first-order valence-corrected chi connectivity index (χ1v) is 7.24. The minimum absolute atomic E-state index is 0.0791. The molecule has 3 nitrogen and oxygen atoms in total. The van der Waals surface area contributed by atoms with Gasteiger partial charge >= 0.3 is 0 Å². The number of halogens is 1. The van der Waals surface area contributed by atoms with Gasteiger partial charge < -0.3 is 10.1 Å². The molecule has 2 unspecified atom stereocenters. The van der Waals surface area contributed by atoms with Crippen molar-refractivity contribution in [2.45, 2.75) is 38.6 Å². The molecule has 1 heterocycles. The molecule has 0 saturated carbocycles. The maximum atomic E-state index is 13.9. The fourth-order valence-electron chi connectivity index (χ4n) is 2.89. The summed E-state index contributed by atoms with van der Waals surface area (Å²) in [4.78, 5) is 12.3. The van der Waals surface area contributed by atoms with Crippen LogP contribution in [-0.2, 0) is 0 Å². The molecule has 20 heavy (non-hydrogen) atoms. The van der Waals surface area contributed by atoms with Gasteiger partial charge in [0.15, 0.2) is 5.78 Å². The highest BCUT2D eigenvalue weighted by atomic mass is 19.1. The van der Waals surface area contributed by atoms with E-state index in [1.165, 1.54) is 13.2 Å². The smallest absolute Gasteiger partial charge is 0.171 e. The van der Waals surface area contributed by atoms with E-state index in [1.807, 2.05) is 0 Å². The van der Waals surface area contributed by atoms with Crippen molar-refractivity contribution in [1.29, 1.82) is 0 Å². The zero-order valence-corrected chi connectivity index (χ0v) is 12.1. The number of hydrogen-bond donors (Lipinski definition) is 1. The molecule has 1 aromatic rings. The molecule has 0 amide bonds. The molecule has 1 N–H and O–H groups in total. The maximum Gasteiger partial charge on any atom is 0.171 e. The van der Waals surface area contributed by atoms with Crippen LogP contribution in [-0.4, -0.2) is 25.5 Å². The Labute approximate surface area is 119 Å². The number of carbonyl (C=O) groups excluding carboxylic acids is 1. The summed E-state index contributed by atoms with van der Waals surface area (Å²) in [7, 11) is 1.46. The summed E-state index contributed by atoms with van der Waals surface area (Å²) in [6.45, 7) is 3.11. The van der Waals surface area contributed by atoms with Gasteiger partial charge in [0.2, 0.25) is 0 Å². The highest BCUT2D eigenvalue weighted by Crippen LogP contribution is 2.26. The van der Waals surface area contributed by atoms with Crippen LogP contribution < -0.4 is 10.1 Å². The summed E-state index contributed by atoms with van der Waals surface area (Å²) in [5, 5.41) is 3.36. The van der Waals surface area contributed by atoms with Crippen LogP contribution in [0.4, 0.5) is 4.39 Å². The lowest BCUT2D eigenvalue weighted by Gasteiger charge is -2.29. The molecule has 110 valence electrons. The van der Waals surface area contributed by atoms with Gasteiger partial charge in [0, 0.05) is 12.5 Å². The second kappa shape index (κ2) is 6.84. The minimum atomic E-state index is -0.503. The first-order chi connectivity index (χ1) is 9.65. The second-order valence-electron chi connectivity index (χ2n) is 5.39. The van der Waals surface area contributed by atoms with Crippen molar-refractivity contribution < 1.29 is 13.9 Å². The fraction of sp³-hybridized carbons (Fsp3) is 0.562. The van der Waals surface area contributed by atoms with Crippen LogP contribution in [0.15, 0.2) is 18.2 Å². The van der Waals surface area contributed by atoms with E-state index >= 15 is 0 Å². The highest BCUT2D eigenvalue weighted by Gasteiger charge is 2.25. The molecule has 1 saturated heterocycles. The Morgan fingerprint density at radius 1 is 1.50 bits per heavy atom.